The minimum absolute atomic E-state index is 0.0540. The van der Waals surface area contributed by atoms with Crippen molar-refractivity contribution in [2.45, 2.75) is 18.9 Å². The highest BCUT2D eigenvalue weighted by Crippen LogP contribution is 2.32. The summed E-state index contributed by atoms with van der Waals surface area (Å²) >= 11 is 0. The Balaban J connectivity index is 2.41. The van der Waals surface area contributed by atoms with E-state index in [1.165, 1.54) is 0 Å². The summed E-state index contributed by atoms with van der Waals surface area (Å²) in [4.78, 5) is 10.6. The van der Waals surface area contributed by atoms with Gasteiger partial charge in [0, 0.05) is 11.8 Å². The molecule has 1 unspecified atom stereocenters. The van der Waals surface area contributed by atoms with Crippen molar-refractivity contribution < 1.29 is 19.7 Å². The number of benzene rings is 2. The lowest BCUT2D eigenvalue weighted by molar-refractivity contribution is -0.137. The quantitative estimate of drug-likeness (QED) is 0.867. The van der Waals surface area contributed by atoms with Gasteiger partial charge in [-0.2, -0.15) is 0 Å². The molecule has 0 radical (unpaired) electrons. The Kier molecular flexibility index (Phi) is 4.02. The van der Waals surface area contributed by atoms with Crippen molar-refractivity contribution in [3.05, 3.63) is 42.0 Å². The molecular formula is C15H16O4. The molecule has 2 rings (SSSR count). The third-order valence-electron chi connectivity index (χ3n) is 3.13. The number of aliphatic hydroxyl groups excluding tert-OH is 1. The van der Waals surface area contributed by atoms with E-state index in [0.29, 0.717) is 0 Å². The number of carboxylic acid groups (broad SMARTS) is 1. The molecule has 2 N–H and O–H groups in total. The first-order valence-corrected chi connectivity index (χ1v) is 6.09. The topological polar surface area (TPSA) is 66.8 Å². The maximum absolute atomic E-state index is 10.6. The van der Waals surface area contributed by atoms with Crippen LogP contribution in [-0.2, 0) is 4.79 Å². The summed E-state index contributed by atoms with van der Waals surface area (Å²) in [5, 5.41) is 20.6. The van der Waals surface area contributed by atoms with E-state index < -0.39 is 12.1 Å². The van der Waals surface area contributed by atoms with E-state index in [1.54, 1.807) is 19.2 Å². The first-order chi connectivity index (χ1) is 9.13. The maximum Gasteiger partial charge on any atom is 0.303 e. The van der Waals surface area contributed by atoms with Crippen LogP contribution in [0.25, 0.3) is 10.8 Å². The van der Waals surface area contributed by atoms with Crippen LogP contribution in [0.4, 0.5) is 0 Å². The highest BCUT2D eigenvalue weighted by atomic mass is 16.5. The van der Waals surface area contributed by atoms with Gasteiger partial charge in [-0.3, -0.25) is 4.79 Å². The predicted octanol–water partition coefficient (Wildman–Crippen LogP) is 2.75. The molecule has 0 bridgehead atoms. The van der Waals surface area contributed by atoms with Crippen LogP contribution in [0, 0.1) is 0 Å². The van der Waals surface area contributed by atoms with Crippen molar-refractivity contribution >= 4 is 16.7 Å². The Morgan fingerprint density at radius 1 is 1.21 bits per heavy atom. The van der Waals surface area contributed by atoms with Gasteiger partial charge >= 0.3 is 5.97 Å². The molecule has 1 atom stereocenters. The maximum atomic E-state index is 10.6. The number of carbonyl (C=O) groups is 1. The fourth-order valence-corrected chi connectivity index (χ4v) is 2.18. The highest BCUT2D eigenvalue weighted by Gasteiger charge is 2.14. The van der Waals surface area contributed by atoms with Gasteiger partial charge in [0.15, 0.2) is 0 Å². The monoisotopic (exact) mass is 260 g/mol. The number of hydrogen-bond acceptors (Lipinski definition) is 3. The van der Waals surface area contributed by atoms with Gasteiger partial charge in [-0.05, 0) is 23.4 Å². The molecule has 0 fully saturated rings. The normalized spacial score (nSPS) is 12.3. The van der Waals surface area contributed by atoms with E-state index in [9.17, 15) is 9.90 Å². The van der Waals surface area contributed by atoms with Crippen LogP contribution in [0.5, 0.6) is 5.75 Å². The lowest BCUT2D eigenvalue weighted by atomic mass is 9.97. The van der Waals surface area contributed by atoms with E-state index in [2.05, 4.69) is 0 Å². The van der Waals surface area contributed by atoms with Crippen LogP contribution >= 0.6 is 0 Å². The molecule has 0 aliphatic heterocycles. The van der Waals surface area contributed by atoms with Crippen molar-refractivity contribution in [2.24, 2.45) is 0 Å². The SMILES string of the molecule is COc1ccc(C(O)CCC(=O)O)c2ccccc12. The second-order valence-corrected chi connectivity index (χ2v) is 4.35. The van der Waals surface area contributed by atoms with Crippen molar-refractivity contribution in [3.8, 4) is 5.75 Å². The van der Waals surface area contributed by atoms with Gasteiger partial charge in [-0.1, -0.05) is 30.3 Å². The molecule has 2 aromatic rings. The summed E-state index contributed by atoms with van der Waals surface area (Å²) in [7, 11) is 1.60. The van der Waals surface area contributed by atoms with Crippen LogP contribution in [-0.4, -0.2) is 23.3 Å². The van der Waals surface area contributed by atoms with Crippen molar-refractivity contribution in [1.29, 1.82) is 0 Å². The number of fused-ring (bicyclic) bond motifs is 1. The summed E-state index contributed by atoms with van der Waals surface area (Å²) in [6.07, 6.45) is -0.639. The van der Waals surface area contributed by atoms with Crippen molar-refractivity contribution in [2.75, 3.05) is 7.11 Å². The summed E-state index contributed by atoms with van der Waals surface area (Å²) in [5.74, 6) is -0.165. The highest BCUT2D eigenvalue weighted by molar-refractivity contribution is 5.91. The van der Waals surface area contributed by atoms with Gasteiger partial charge in [0.05, 0.1) is 13.2 Å². The molecule has 2 aromatic carbocycles. The van der Waals surface area contributed by atoms with Gasteiger partial charge in [0.1, 0.15) is 5.75 Å². The predicted molar refractivity (Wildman–Crippen MR) is 72.3 cm³/mol. The Morgan fingerprint density at radius 2 is 1.89 bits per heavy atom. The van der Waals surface area contributed by atoms with Gasteiger partial charge in [0.2, 0.25) is 0 Å². The third kappa shape index (κ3) is 2.85. The Morgan fingerprint density at radius 3 is 2.53 bits per heavy atom. The summed E-state index contributed by atoms with van der Waals surface area (Å²) in [6.45, 7) is 0. The summed E-state index contributed by atoms with van der Waals surface area (Å²) in [6, 6.07) is 11.2. The number of methoxy groups -OCH3 is 1. The average Bonchev–Trinajstić information content (AvgIpc) is 2.43. The molecule has 0 saturated heterocycles. The lowest BCUT2D eigenvalue weighted by Gasteiger charge is -2.14. The van der Waals surface area contributed by atoms with E-state index in [1.807, 2.05) is 24.3 Å². The zero-order valence-electron chi connectivity index (χ0n) is 10.7. The number of aliphatic carboxylic acids is 1. The van der Waals surface area contributed by atoms with Gasteiger partial charge in [-0.15, -0.1) is 0 Å². The molecule has 4 heteroatoms. The summed E-state index contributed by atoms with van der Waals surface area (Å²) < 4.78 is 5.28. The van der Waals surface area contributed by atoms with E-state index in [-0.39, 0.29) is 12.8 Å². The zero-order valence-corrected chi connectivity index (χ0v) is 10.7. The molecule has 0 amide bonds. The summed E-state index contributed by atoms with van der Waals surface area (Å²) in [5.41, 5.74) is 0.734. The van der Waals surface area contributed by atoms with E-state index in [4.69, 9.17) is 9.84 Å². The number of ether oxygens (including phenoxy) is 1. The smallest absolute Gasteiger partial charge is 0.303 e. The van der Waals surface area contributed by atoms with Crippen LogP contribution in [0.2, 0.25) is 0 Å². The molecule has 0 aliphatic carbocycles. The Bertz CT molecular complexity index is 592. The molecule has 0 heterocycles. The minimum atomic E-state index is -0.906. The number of aliphatic hydroxyl groups is 1. The number of hydrogen-bond donors (Lipinski definition) is 2. The molecular weight excluding hydrogens is 244 g/mol. The van der Waals surface area contributed by atoms with Gasteiger partial charge < -0.3 is 14.9 Å². The average molecular weight is 260 g/mol. The standard InChI is InChI=1S/C15H16O4/c1-19-14-8-6-11(13(16)7-9-15(17)18)10-4-2-3-5-12(10)14/h2-6,8,13,16H,7,9H2,1H3,(H,17,18). The number of rotatable bonds is 5. The molecule has 0 aromatic heterocycles. The largest absolute Gasteiger partial charge is 0.496 e. The Hall–Kier alpha value is -2.07. The fraction of sp³-hybridized carbons (Fsp3) is 0.267. The molecule has 4 nitrogen and oxygen atoms in total. The van der Waals surface area contributed by atoms with Crippen molar-refractivity contribution in [1.82, 2.24) is 0 Å². The Labute approximate surface area is 111 Å². The lowest BCUT2D eigenvalue weighted by Crippen LogP contribution is -2.03. The third-order valence-corrected chi connectivity index (χ3v) is 3.13. The first-order valence-electron chi connectivity index (χ1n) is 6.09. The number of carboxylic acids is 1. The second kappa shape index (κ2) is 5.71. The minimum Gasteiger partial charge on any atom is -0.496 e. The molecule has 0 saturated carbocycles. The second-order valence-electron chi connectivity index (χ2n) is 4.35. The van der Waals surface area contributed by atoms with Crippen LogP contribution < -0.4 is 4.74 Å². The zero-order chi connectivity index (χ0) is 13.8. The molecule has 19 heavy (non-hydrogen) atoms. The van der Waals surface area contributed by atoms with Crippen LogP contribution in [0.1, 0.15) is 24.5 Å². The van der Waals surface area contributed by atoms with Crippen LogP contribution in [0.15, 0.2) is 36.4 Å². The van der Waals surface area contributed by atoms with Gasteiger partial charge in [-0.25, -0.2) is 0 Å². The first kappa shape index (κ1) is 13.4. The fourth-order valence-electron chi connectivity index (χ4n) is 2.18. The molecule has 0 aliphatic rings. The van der Waals surface area contributed by atoms with E-state index in [0.717, 1.165) is 22.1 Å². The van der Waals surface area contributed by atoms with Crippen LogP contribution in [0.3, 0.4) is 0 Å². The van der Waals surface area contributed by atoms with Crippen molar-refractivity contribution in [3.63, 3.8) is 0 Å². The molecule has 100 valence electrons. The van der Waals surface area contributed by atoms with E-state index >= 15 is 0 Å². The van der Waals surface area contributed by atoms with Gasteiger partial charge in [0.25, 0.3) is 0 Å². The molecule has 0 spiro atoms.